The van der Waals surface area contributed by atoms with E-state index in [0.29, 0.717) is 12.3 Å². The Morgan fingerprint density at radius 2 is 2.00 bits per heavy atom. The van der Waals surface area contributed by atoms with E-state index in [1.54, 1.807) is 24.2 Å². The number of hydrogen-bond donors (Lipinski definition) is 3. The number of nitrogens with zero attached hydrogens (tertiary/aromatic N) is 1. The lowest BCUT2D eigenvalue weighted by Crippen LogP contribution is -2.36. The molecule has 4 nitrogen and oxygen atoms in total. The number of thioether (sulfide) groups is 1. The van der Waals surface area contributed by atoms with Crippen molar-refractivity contribution in [2.24, 2.45) is 0 Å². The van der Waals surface area contributed by atoms with Gasteiger partial charge in [-0.2, -0.15) is 11.8 Å². The van der Waals surface area contributed by atoms with E-state index in [1.165, 1.54) is 0 Å². The second-order valence-electron chi connectivity index (χ2n) is 4.67. The lowest BCUT2D eigenvalue weighted by Gasteiger charge is -2.23. The summed E-state index contributed by atoms with van der Waals surface area (Å²) in [5.41, 5.74) is 1.23. The fraction of sp³-hybridized carbons (Fsp3) is 0.615. The van der Waals surface area contributed by atoms with Crippen LogP contribution in [-0.4, -0.2) is 40.8 Å². The predicted octanol–water partition coefficient (Wildman–Crippen LogP) is 2.43. The summed E-state index contributed by atoms with van der Waals surface area (Å²) in [5, 5.41) is 16.6. The van der Waals surface area contributed by atoms with Gasteiger partial charge in [-0.05, 0) is 25.7 Å². The molecule has 1 rings (SSSR count). The molecule has 0 amide bonds. The minimum Gasteiger partial charge on any atom is -0.387 e. The lowest BCUT2D eigenvalue weighted by atomic mass is 10.1. The first-order valence-corrected chi connectivity index (χ1v) is 7.61. The summed E-state index contributed by atoms with van der Waals surface area (Å²) < 4.78 is 0. The highest BCUT2D eigenvalue weighted by Crippen LogP contribution is 2.16. The van der Waals surface area contributed by atoms with E-state index in [0.717, 1.165) is 24.3 Å². The Balaban J connectivity index is 2.51. The van der Waals surface area contributed by atoms with Gasteiger partial charge in [0.05, 0.1) is 29.4 Å². The van der Waals surface area contributed by atoms with Gasteiger partial charge in [0.1, 0.15) is 0 Å². The molecule has 18 heavy (non-hydrogen) atoms. The SMILES string of the molecule is CCCNc1cncc(NCC(C)(O)CSC)c1. The van der Waals surface area contributed by atoms with Crippen LogP contribution in [0, 0.1) is 0 Å². The first kappa shape index (κ1) is 15.1. The van der Waals surface area contributed by atoms with Crippen molar-refractivity contribution in [3.63, 3.8) is 0 Å². The molecular weight excluding hydrogens is 246 g/mol. The summed E-state index contributed by atoms with van der Waals surface area (Å²) in [6, 6.07) is 2.01. The van der Waals surface area contributed by atoms with Gasteiger partial charge in [0.2, 0.25) is 0 Å². The lowest BCUT2D eigenvalue weighted by molar-refractivity contribution is 0.0997. The largest absolute Gasteiger partial charge is 0.387 e. The third-order valence-electron chi connectivity index (χ3n) is 2.45. The quantitative estimate of drug-likeness (QED) is 0.677. The van der Waals surface area contributed by atoms with Crippen LogP contribution in [0.2, 0.25) is 0 Å². The number of nitrogens with one attached hydrogen (secondary N) is 2. The van der Waals surface area contributed by atoms with Crippen molar-refractivity contribution in [1.29, 1.82) is 0 Å². The second-order valence-corrected chi connectivity index (χ2v) is 5.54. The Bertz CT molecular complexity index is 358. The standard InChI is InChI=1S/C13H23N3OS/c1-4-5-15-11-6-12(8-14-7-11)16-9-13(2,17)10-18-3/h6-8,15-17H,4-5,9-10H2,1-3H3. The minimum atomic E-state index is -0.702. The first-order valence-electron chi connectivity index (χ1n) is 6.21. The van der Waals surface area contributed by atoms with Gasteiger partial charge >= 0.3 is 0 Å². The highest BCUT2D eigenvalue weighted by Gasteiger charge is 2.18. The Hall–Kier alpha value is -0.940. The van der Waals surface area contributed by atoms with Crippen molar-refractivity contribution >= 4 is 23.1 Å². The van der Waals surface area contributed by atoms with Crippen LogP contribution >= 0.6 is 11.8 Å². The predicted molar refractivity (Wildman–Crippen MR) is 80.5 cm³/mol. The third kappa shape index (κ3) is 5.60. The monoisotopic (exact) mass is 269 g/mol. The van der Waals surface area contributed by atoms with Crippen molar-refractivity contribution in [3.8, 4) is 0 Å². The van der Waals surface area contributed by atoms with E-state index < -0.39 is 5.60 Å². The normalized spacial score (nSPS) is 14.0. The topological polar surface area (TPSA) is 57.2 Å². The van der Waals surface area contributed by atoms with Crippen molar-refractivity contribution < 1.29 is 5.11 Å². The smallest absolute Gasteiger partial charge is 0.0880 e. The van der Waals surface area contributed by atoms with E-state index in [1.807, 2.05) is 19.2 Å². The molecule has 1 unspecified atom stereocenters. The maximum Gasteiger partial charge on any atom is 0.0880 e. The zero-order valence-corrected chi connectivity index (χ0v) is 12.2. The summed E-state index contributed by atoms with van der Waals surface area (Å²) in [7, 11) is 0. The fourth-order valence-corrected chi connectivity index (χ4v) is 2.28. The van der Waals surface area contributed by atoms with Gasteiger partial charge < -0.3 is 15.7 Å². The summed E-state index contributed by atoms with van der Waals surface area (Å²) >= 11 is 1.64. The van der Waals surface area contributed by atoms with Gasteiger partial charge in [0, 0.05) is 18.8 Å². The molecular formula is C13H23N3OS. The maximum atomic E-state index is 10.1. The zero-order chi connectivity index (χ0) is 13.4. The van der Waals surface area contributed by atoms with E-state index in [-0.39, 0.29) is 0 Å². The number of anilines is 2. The summed E-state index contributed by atoms with van der Waals surface area (Å²) in [5.74, 6) is 0.710. The Kier molecular flexibility index (Phi) is 6.29. The first-order chi connectivity index (χ1) is 8.57. The summed E-state index contributed by atoms with van der Waals surface area (Å²) in [6.07, 6.45) is 6.65. The average Bonchev–Trinajstić information content (AvgIpc) is 2.35. The van der Waals surface area contributed by atoms with Crippen LogP contribution in [0.4, 0.5) is 11.4 Å². The number of aromatic nitrogens is 1. The van der Waals surface area contributed by atoms with Crippen LogP contribution < -0.4 is 10.6 Å². The van der Waals surface area contributed by atoms with E-state index in [9.17, 15) is 5.11 Å². The maximum absolute atomic E-state index is 10.1. The number of rotatable bonds is 8. The highest BCUT2D eigenvalue weighted by molar-refractivity contribution is 7.98. The number of pyridine rings is 1. The van der Waals surface area contributed by atoms with Crippen molar-refractivity contribution in [1.82, 2.24) is 4.98 Å². The Labute approximate surface area is 114 Å². The van der Waals surface area contributed by atoms with Gasteiger partial charge in [-0.3, -0.25) is 4.98 Å². The molecule has 0 saturated heterocycles. The molecule has 5 heteroatoms. The number of hydrogen-bond acceptors (Lipinski definition) is 5. The van der Waals surface area contributed by atoms with Crippen LogP contribution in [0.15, 0.2) is 18.5 Å². The number of aliphatic hydroxyl groups is 1. The molecule has 0 radical (unpaired) electrons. The van der Waals surface area contributed by atoms with Crippen LogP contribution in [0.25, 0.3) is 0 Å². The minimum absolute atomic E-state index is 0.521. The van der Waals surface area contributed by atoms with Crippen LogP contribution in [0.5, 0.6) is 0 Å². The molecule has 0 fully saturated rings. The van der Waals surface area contributed by atoms with Crippen LogP contribution in [0.3, 0.4) is 0 Å². The highest BCUT2D eigenvalue weighted by atomic mass is 32.2. The summed E-state index contributed by atoms with van der Waals surface area (Å²) in [4.78, 5) is 4.17. The molecule has 1 aromatic rings. The Morgan fingerprint density at radius 1 is 1.33 bits per heavy atom. The van der Waals surface area contributed by atoms with Crippen molar-refractivity contribution in [3.05, 3.63) is 18.5 Å². The molecule has 1 aromatic heterocycles. The molecule has 0 aromatic carbocycles. The average molecular weight is 269 g/mol. The molecule has 0 aliphatic rings. The van der Waals surface area contributed by atoms with Gasteiger partial charge in [0.15, 0.2) is 0 Å². The van der Waals surface area contributed by atoms with E-state index >= 15 is 0 Å². The molecule has 1 atom stereocenters. The fourth-order valence-electron chi connectivity index (χ4n) is 1.56. The van der Waals surface area contributed by atoms with Crippen LogP contribution in [0.1, 0.15) is 20.3 Å². The molecule has 0 saturated carbocycles. The molecule has 0 spiro atoms. The molecule has 0 aliphatic heterocycles. The van der Waals surface area contributed by atoms with Gasteiger partial charge in [-0.1, -0.05) is 6.92 Å². The molecule has 0 bridgehead atoms. The molecule has 1 heterocycles. The zero-order valence-electron chi connectivity index (χ0n) is 11.4. The van der Waals surface area contributed by atoms with Crippen LogP contribution in [-0.2, 0) is 0 Å². The van der Waals surface area contributed by atoms with Gasteiger partial charge in [-0.25, -0.2) is 0 Å². The Morgan fingerprint density at radius 3 is 2.61 bits per heavy atom. The van der Waals surface area contributed by atoms with Gasteiger partial charge in [0.25, 0.3) is 0 Å². The molecule has 102 valence electrons. The molecule has 3 N–H and O–H groups in total. The second kappa shape index (κ2) is 7.48. The van der Waals surface area contributed by atoms with Gasteiger partial charge in [-0.15, -0.1) is 0 Å². The molecule has 0 aliphatic carbocycles. The van der Waals surface area contributed by atoms with Crippen molar-refractivity contribution in [2.75, 3.05) is 35.7 Å². The summed E-state index contributed by atoms with van der Waals surface area (Å²) in [6.45, 7) is 5.42. The van der Waals surface area contributed by atoms with E-state index in [2.05, 4.69) is 22.5 Å². The van der Waals surface area contributed by atoms with Crippen molar-refractivity contribution in [2.45, 2.75) is 25.9 Å². The third-order valence-corrected chi connectivity index (χ3v) is 3.36. The van der Waals surface area contributed by atoms with E-state index in [4.69, 9.17) is 0 Å².